The van der Waals surface area contributed by atoms with Gasteiger partial charge in [0.2, 0.25) is 0 Å². The molecule has 4 fully saturated rings. The van der Waals surface area contributed by atoms with Crippen LogP contribution in [0.5, 0.6) is 11.5 Å². The predicted molar refractivity (Wildman–Crippen MR) is 98.9 cm³/mol. The Morgan fingerprint density at radius 3 is 2.67 bits per heavy atom. The molecule has 0 amide bonds. The normalized spacial score (nSPS) is 36.4. The zero-order valence-corrected chi connectivity index (χ0v) is 16.1. The van der Waals surface area contributed by atoms with Crippen LogP contribution in [0.15, 0.2) is 12.1 Å². The lowest BCUT2D eigenvalue weighted by Crippen LogP contribution is -2.58. The lowest BCUT2D eigenvalue weighted by Gasteiger charge is -2.58. The van der Waals surface area contributed by atoms with Crippen molar-refractivity contribution in [1.29, 1.82) is 0 Å². The molecule has 1 aliphatic heterocycles. The summed E-state index contributed by atoms with van der Waals surface area (Å²) in [5.41, 5.74) is -0.378. The Balaban J connectivity index is 1.31. The molecule has 4 aliphatic carbocycles. The number of carbonyl (C=O) groups excluding carboxylic acids is 1. The molecule has 4 bridgehead atoms. The van der Waals surface area contributed by atoms with E-state index in [2.05, 4.69) is 0 Å². The van der Waals surface area contributed by atoms with Gasteiger partial charge < -0.3 is 19.3 Å². The summed E-state index contributed by atoms with van der Waals surface area (Å²) in [6, 6.07) is 3.61. The fraction of sp³-hybridized carbons (Fsp3) is 0.667. The van der Waals surface area contributed by atoms with Crippen LogP contribution in [0.2, 0.25) is 5.02 Å². The van der Waals surface area contributed by atoms with Crippen LogP contribution in [0.4, 0.5) is 0 Å². The Bertz CT molecular complexity index is 762. The summed E-state index contributed by atoms with van der Waals surface area (Å²) < 4.78 is 17.1. The van der Waals surface area contributed by atoms with Crippen molar-refractivity contribution in [2.45, 2.75) is 57.2 Å². The van der Waals surface area contributed by atoms with Gasteiger partial charge in [0.05, 0.1) is 29.3 Å². The van der Waals surface area contributed by atoms with Gasteiger partial charge >= 0.3 is 5.97 Å². The molecular formula is C21H25ClO5. The number of rotatable bonds is 3. The average molecular weight is 393 g/mol. The zero-order valence-electron chi connectivity index (χ0n) is 15.3. The molecule has 1 heterocycles. The van der Waals surface area contributed by atoms with E-state index in [0.29, 0.717) is 48.0 Å². The summed E-state index contributed by atoms with van der Waals surface area (Å²) >= 11 is 6.33. The average Bonchev–Trinajstić information content (AvgIpc) is 2.83. The van der Waals surface area contributed by atoms with Crippen molar-refractivity contribution in [2.75, 3.05) is 13.2 Å². The van der Waals surface area contributed by atoms with E-state index >= 15 is 0 Å². The number of hydrogen-bond acceptors (Lipinski definition) is 5. The number of hydrogen-bond donors (Lipinski definition) is 1. The van der Waals surface area contributed by atoms with Gasteiger partial charge in [-0.2, -0.15) is 0 Å². The number of esters is 1. The largest absolute Gasteiger partial charge is 0.489 e. The first-order valence-electron chi connectivity index (χ1n) is 9.92. The third kappa shape index (κ3) is 3.09. The molecule has 0 radical (unpaired) electrons. The molecule has 146 valence electrons. The smallest absolute Gasteiger partial charge is 0.312 e. The molecule has 1 aromatic rings. The van der Waals surface area contributed by atoms with E-state index in [1.807, 2.05) is 6.07 Å². The van der Waals surface area contributed by atoms with Crippen LogP contribution < -0.4 is 9.47 Å². The van der Waals surface area contributed by atoms with Crippen molar-refractivity contribution in [3.8, 4) is 11.5 Å². The van der Waals surface area contributed by atoms with Gasteiger partial charge in [0, 0.05) is 6.42 Å². The molecule has 4 atom stereocenters. The van der Waals surface area contributed by atoms with Crippen molar-refractivity contribution >= 4 is 17.6 Å². The molecule has 6 heteroatoms. The third-order valence-corrected chi connectivity index (χ3v) is 6.98. The molecule has 4 saturated carbocycles. The van der Waals surface area contributed by atoms with Crippen LogP contribution in [-0.2, 0) is 16.1 Å². The van der Waals surface area contributed by atoms with Crippen molar-refractivity contribution in [3.63, 3.8) is 0 Å². The lowest BCUT2D eigenvalue weighted by atomic mass is 9.48. The first-order chi connectivity index (χ1) is 12.9. The number of ether oxygens (including phenoxy) is 3. The molecule has 2 unspecified atom stereocenters. The Morgan fingerprint density at radius 2 is 1.93 bits per heavy atom. The van der Waals surface area contributed by atoms with Crippen molar-refractivity contribution in [2.24, 2.45) is 17.3 Å². The molecule has 1 aromatic carbocycles. The summed E-state index contributed by atoms with van der Waals surface area (Å²) in [5, 5.41) is 11.3. The number of halogens is 1. The van der Waals surface area contributed by atoms with Crippen LogP contribution in [-0.4, -0.2) is 29.9 Å². The van der Waals surface area contributed by atoms with Gasteiger partial charge in [-0.25, -0.2) is 0 Å². The van der Waals surface area contributed by atoms with Crippen molar-refractivity contribution < 1.29 is 24.1 Å². The fourth-order valence-corrected chi connectivity index (χ4v) is 6.41. The van der Waals surface area contributed by atoms with E-state index in [1.165, 1.54) is 0 Å². The number of benzene rings is 1. The second-order valence-corrected chi connectivity index (χ2v) is 9.40. The molecule has 27 heavy (non-hydrogen) atoms. The Kier molecular flexibility index (Phi) is 4.10. The highest BCUT2D eigenvalue weighted by molar-refractivity contribution is 6.32. The maximum Gasteiger partial charge on any atom is 0.312 e. The number of fused-ring (bicyclic) bond motifs is 1. The summed E-state index contributed by atoms with van der Waals surface area (Å²) in [5.74, 6) is 1.91. The molecule has 0 spiro atoms. The Hall–Kier alpha value is -1.46. The first-order valence-corrected chi connectivity index (χ1v) is 10.3. The van der Waals surface area contributed by atoms with E-state index < -0.39 is 11.0 Å². The predicted octanol–water partition coefficient (Wildman–Crippen LogP) is 3.88. The van der Waals surface area contributed by atoms with Gasteiger partial charge in [0.25, 0.3) is 0 Å². The highest BCUT2D eigenvalue weighted by Crippen LogP contribution is 2.62. The molecule has 0 aromatic heterocycles. The van der Waals surface area contributed by atoms with Gasteiger partial charge in [-0.05, 0) is 68.1 Å². The standard InChI is InChI=1S/C21H25ClO5/c22-16-5-13(6-17-18(16)26-3-1-2-25-17)11-27-19(23)20-7-14-4-15(8-20)10-21(24,9-14)12-20/h5-6,14-15,24H,1-4,7-12H2/t14-,15+,20?,21?. The maximum absolute atomic E-state index is 13.0. The van der Waals surface area contributed by atoms with Crippen LogP contribution in [0.25, 0.3) is 0 Å². The second-order valence-electron chi connectivity index (χ2n) is 9.00. The van der Waals surface area contributed by atoms with Gasteiger partial charge in [-0.15, -0.1) is 0 Å². The summed E-state index contributed by atoms with van der Waals surface area (Å²) in [7, 11) is 0. The van der Waals surface area contributed by atoms with Crippen LogP contribution in [0.3, 0.4) is 0 Å². The Morgan fingerprint density at radius 1 is 1.19 bits per heavy atom. The monoisotopic (exact) mass is 392 g/mol. The fourth-order valence-electron chi connectivity index (χ4n) is 6.12. The zero-order chi connectivity index (χ0) is 18.6. The highest BCUT2D eigenvalue weighted by atomic mass is 35.5. The van der Waals surface area contributed by atoms with Gasteiger partial charge in [0.1, 0.15) is 6.61 Å². The minimum absolute atomic E-state index is 0.157. The number of carbonyl (C=O) groups is 1. The molecule has 0 saturated heterocycles. The maximum atomic E-state index is 13.0. The first kappa shape index (κ1) is 17.6. The van der Waals surface area contributed by atoms with E-state index in [4.69, 9.17) is 25.8 Å². The quantitative estimate of drug-likeness (QED) is 0.791. The SMILES string of the molecule is O=C(OCc1cc(Cl)c2c(c1)OCCCO2)C12C[C@@H]3C[C@@H](CC(O)(C3)C1)C2. The minimum Gasteiger partial charge on any atom is -0.489 e. The van der Waals surface area contributed by atoms with Crippen LogP contribution in [0, 0.1) is 17.3 Å². The molecule has 5 nitrogen and oxygen atoms in total. The summed E-state index contributed by atoms with van der Waals surface area (Å²) in [6.07, 6.45) is 5.90. The van der Waals surface area contributed by atoms with E-state index in [1.54, 1.807) is 6.07 Å². The van der Waals surface area contributed by atoms with Crippen molar-refractivity contribution in [3.05, 3.63) is 22.7 Å². The topological polar surface area (TPSA) is 65.0 Å². The number of aliphatic hydroxyl groups is 1. The van der Waals surface area contributed by atoms with E-state index in [-0.39, 0.29) is 12.6 Å². The van der Waals surface area contributed by atoms with Gasteiger partial charge in [0.15, 0.2) is 11.5 Å². The molecular weight excluding hydrogens is 368 g/mol. The van der Waals surface area contributed by atoms with Gasteiger partial charge in [-0.1, -0.05) is 11.6 Å². The summed E-state index contributed by atoms with van der Waals surface area (Å²) in [4.78, 5) is 13.0. The molecule has 1 N–H and O–H groups in total. The van der Waals surface area contributed by atoms with E-state index in [9.17, 15) is 9.90 Å². The lowest BCUT2D eigenvalue weighted by molar-refractivity contribution is -0.197. The van der Waals surface area contributed by atoms with Crippen molar-refractivity contribution in [1.82, 2.24) is 0 Å². The summed E-state index contributed by atoms with van der Waals surface area (Å²) in [6.45, 7) is 1.32. The van der Waals surface area contributed by atoms with Crippen LogP contribution in [0.1, 0.15) is 50.5 Å². The minimum atomic E-state index is -0.665. The highest BCUT2D eigenvalue weighted by Gasteiger charge is 2.60. The third-order valence-electron chi connectivity index (χ3n) is 6.70. The second kappa shape index (κ2) is 6.28. The Labute approximate surface area is 163 Å². The van der Waals surface area contributed by atoms with Crippen LogP contribution >= 0.6 is 11.6 Å². The van der Waals surface area contributed by atoms with Gasteiger partial charge in [-0.3, -0.25) is 4.79 Å². The molecule has 6 rings (SSSR count). The molecule has 5 aliphatic rings. The van der Waals surface area contributed by atoms with E-state index in [0.717, 1.165) is 44.1 Å².